The van der Waals surface area contributed by atoms with Crippen LogP contribution >= 0.6 is 0 Å². The predicted molar refractivity (Wildman–Crippen MR) is 129 cm³/mol. The van der Waals surface area contributed by atoms with E-state index >= 15 is 0 Å². The van der Waals surface area contributed by atoms with E-state index in [0.29, 0.717) is 39.0 Å². The van der Waals surface area contributed by atoms with E-state index in [9.17, 15) is 9.59 Å². The van der Waals surface area contributed by atoms with Gasteiger partial charge in [-0.05, 0) is 69.4 Å². The average molecular weight is 453 g/mol. The summed E-state index contributed by atoms with van der Waals surface area (Å²) in [7, 11) is 0. The van der Waals surface area contributed by atoms with Gasteiger partial charge in [0.05, 0.1) is 0 Å². The molecular formula is C27H36N2O4. The molecule has 0 fully saturated rings. The summed E-state index contributed by atoms with van der Waals surface area (Å²) in [5.41, 5.74) is 2.80. The molecule has 33 heavy (non-hydrogen) atoms. The monoisotopic (exact) mass is 452 g/mol. The van der Waals surface area contributed by atoms with Crippen LogP contribution in [0.4, 0.5) is 0 Å². The maximum Gasteiger partial charge on any atom is 0.243 e. The number of carbonyl (C=O) groups excluding carboxylic acids is 2. The molecule has 0 spiro atoms. The molecule has 6 heteroatoms. The predicted octanol–water partition coefficient (Wildman–Crippen LogP) is 4.42. The highest BCUT2D eigenvalue weighted by atomic mass is 16.6. The molecule has 2 aromatic carbocycles. The molecule has 1 heterocycles. The molecule has 1 aliphatic rings. The van der Waals surface area contributed by atoms with Crippen LogP contribution in [0.3, 0.4) is 0 Å². The largest absolute Gasteiger partial charge is 0.486 e. The molecule has 0 saturated carbocycles. The van der Waals surface area contributed by atoms with E-state index in [1.807, 2.05) is 77.1 Å². The van der Waals surface area contributed by atoms with E-state index in [0.717, 1.165) is 28.2 Å². The van der Waals surface area contributed by atoms with Gasteiger partial charge < -0.3 is 19.7 Å². The van der Waals surface area contributed by atoms with Crippen LogP contribution in [0.2, 0.25) is 0 Å². The summed E-state index contributed by atoms with van der Waals surface area (Å²) in [4.78, 5) is 28.3. The summed E-state index contributed by atoms with van der Waals surface area (Å²) in [6, 6.07) is 13.3. The number of fused-ring (bicyclic) bond motifs is 1. The van der Waals surface area contributed by atoms with E-state index in [1.165, 1.54) is 0 Å². The van der Waals surface area contributed by atoms with Gasteiger partial charge in [0, 0.05) is 18.5 Å². The molecule has 2 amide bonds. The first-order valence-electron chi connectivity index (χ1n) is 11.7. The Hall–Kier alpha value is -3.02. The van der Waals surface area contributed by atoms with E-state index in [4.69, 9.17) is 9.47 Å². The van der Waals surface area contributed by atoms with Crippen LogP contribution in [0, 0.1) is 6.92 Å². The minimum atomic E-state index is -0.531. The maximum absolute atomic E-state index is 13.5. The van der Waals surface area contributed by atoms with Gasteiger partial charge in [-0.1, -0.05) is 37.3 Å². The van der Waals surface area contributed by atoms with E-state index in [2.05, 4.69) is 5.32 Å². The number of rotatable bonds is 8. The minimum absolute atomic E-state index is 0.0379. The van der Waals surface area contributed by atoms with Crippen molar-refractivity contribution in [2.24, 2.45) is 0 Å². The lowest BCUT2D eigenvalue weighted by molar-refractivity contribution is -0.142. The fourth-order valence-electron chi connectivity index (χ4n) is 3.98. The number of amides is 2. The molecule has 1 atom stereocenters. The van der Waals surface area contributed by atoms with E-state index in [-0.39, 0.29) is 17.4 Å². The highest BCUT2D eigenvalue weighted by Gasteiger charge is 2.30. The standard InChI is InChI=1S/C27H36N2O4/c1-6-22(26(31)28-27(3,4)5)29(18-21-10-8-7-9-19(21)2)25(30)14-12-20-11-13-23-24(17-20)33-16-15-32-23/h7-11,13,17,22H,6,12,14-16,18H2,1-5H3,(H,28,31). The highest BCUT2D eigenvalue weighted by Crippen LogP contribution is 2.31. The van der Waals surface area contributed by atoms with Gasteiger partial charge in [-0.15, -0.1) is 0 Å². The summed E-state index contributed by atoms with van der Waals surface area (Å²) in [5.74, 6) is 1.30. The lowest BCUT2D eigenvalue weighted by Gasteiger charge is -2.33. The first kappa shape index (κ1) is 24.6. The third-order valence-corrected chi connectivity index (χ3v) is 5.72. The second-order valence-electron chi connectivity index (χ2n) is 9.59. The number of ether oxygens (including phenoxy) is 2. The van der Waals surface area contributed by atoms with Crippen LogP contribution in [0.5, 0.6) is 11.5 Å². The zero-order valence-electron chi connectivity index (χ0n) is 20.4. The fourth-order valence-corrected chi connectivity index (χ4v) is 3.98. The van der Waals surface area contributed by atoms with Crippen LogP contribution in [0.1, 0.15) is 57.2 Å². The lowest BCUT2D eigenvalue weighted by atomic mass is 10.0. The van der Waals surface area contributed by atoms with Gasteiger partial charge in [0.2, 0.25) is 11.8 Å². The van der Waals surface area contributed by atoms with Gasteiger partial charge in [0.15, 0.2) is 11.5 Å². The Morgan fingerprint density at radius 2 is 1.76 bits per heavy atom. The van der Waals surface area contributed by atoms with Gasteiger partial charge in [0.25, 0.3) is 0 Å². The summed E-state index contributed by atoms with van der Waals surface area (Å²) in [6.45, 7) is 11.3. The molecule has 0 aromatic heterocycles. The normalized spacial score (nSPS) is 13.8. The molecule has 1 N–H and O–H groups in total. The van der Waals surface area contributed by atoms with Crippen molar-refractivity contribution in [1.29, 1.82) is 0 Å². The number of hydrogen-bond donors (Lipinski definition) is 1. The Morgan fingerprint density at radius 1 is 1.06 bits per heavy atom. The average Bonchev–Trinajstić information content (AvgIpc) is 2.77. The van der Waals surface area contributed by atoms with Crippen LogP contribution in [0.15, 0.2) is 42.5 Å². The van der Waals surface area contributed by atoms with Crippen LogP contribution in [-0.2, 0) is 22.6 Å². The Bertz CT molecular complexity index is 980. The minimum Gasteiger partial charge on any atom is -0.486 e. The lowest BCUT2D eigenvalue weighted by Crippen LogP contribution is -2.53. The molecule has 2 aromatic rings. The van der Waals surface area contributed by atoms with Crippen LogP contribution < -0.4 is 14.8 Å². The number of nitrogens with one attached hydrogen (secondary N) is 1. The molecule has 0 radical (unpaired) electrons. The molecule has 0 bridgehead atoms. The maximum atomic E-state index is 13.5. The topological polar surface area (TPSA) is 67.9 Å². The first-order chi connectivity index (χ1) is 15.7. The smallest absolute Gasteiger partial charge is 0.243 e. The Morgan fingerprint density at radius 3 is 2.42 bits per heavy atom. The van der Waals surface area contributed by atoms with Crippen molar-refractivity contribution in [2.75, 3.05) is 13.2 Å². The van der Waals surface area contributed by atoms with Crippen LogP contribution in [-0.4, -0.2) is 41.5 Å². The number of aryl methyl sites for hydroxylation is 2. The highest BCUT2D eigenvalue weighted by molar-refractivity contribution is 5.88. The Kier molecular flexibility index (Phi) is 8.01. The number of benzene rings is 2. The van der Waals surface area contributed by atoms with Crippen LogP contribution in [0.25, 0.3) is 0 Å². The first-order valence-corrected chi connectivity index (χ1v) is 11.7. The zero-order valence-corrected chi connectivity index (χ0v) is 20.4. The third kappa shape index (κ3) is 6.73. The molecule has 6 nitrogen and oxygen atoms in total. The zero-order chi connectivity index (χ0) is 24.0. The van der Waals surface area contributed by atoms with E-state index in [1.54, 1.807) is 4.90 Å². The molecular weight excluding hydrogens is 416 g/mol. The van der Waals surface area contributed by atoms with Crippen molar-refractivity contribution < 1.29 is 19.1 Å². The molecule has 1 unspecified atom stereocenters. The van der Waals surface area contributed by atoms with Crippen molar-refractivity contribution in [3.8, 4) is 11.5 Å². The fraction of sp³-hybridized carbons (Fsp3) is 0.481. The van der Waals surface area contributed by atoms with Gasteiger partial charge in [0.1, 0.15) is 19.3 Å². The molecule has 0 saturated heterocycles. The van der Waals surface area contributed by atoms with Crippen molar-refractivity contribution in [3.63, 3.8) is 0 Å². The molecule has 1 aliphatic heterocycles. The Balaban J connectivity index is 1.79. The number of hydrogen-bond acceptors (Lipinski definition) is 4. The summed E-state index contributed by atoms with van der Waals surface area (Å²) < 4.78 is 11.3. The third-order valence-electron chi connectivity index (χ3n) is 5.72. The van der Waals surface area contributed by atoms with Crippen molar-refractivity contribution in [1.82, 2.24) is 10.2 Å². The summed E-state index contributed by atoms with van der Waals surface area (Å²) in [5, 5.41) is 3.05. The van der Waals surface area contributed by atoms with Gasteiger partial charge in [-0.2, -0.15) is 0 Å². The molecule has 178 valence electrons. The van der Waals surface area contributed by atoms with Crippen molar-refractivity contribution in [2.45, 2.75) is 72.0 Å². The quantitative estimate of drug-likeness (QED) is 0.644. The van der Waals surface area contributed by atoms with Gasteiger partial charge in [-0.3, -0.25) is 9.59 Å². The second kappa shape index (κ2) is 10.7. The van der Waals surface area contributed by atoms with Crippen molar-refractivity contribution in [3.05, 3.63) is 59.2 Å². The SMILES string of the molecule is CCC(C(=O)NC(C)(C)C)N(Cc1ccccc1C)C(=O)CCc1ccc2c(c1)OCCO2. The number of nitrogens with zero attached hydrogens (tertiary/aromatic N) is 1. The van der Waals surface area contributed by atoms with Gasteiger partial charge >= 0.3 is 0 Å². The number of carbonyl (C=O) groups is 2. The Labute approximate surface area is 197 Å². The molecule has 0 aliphatic carbocycles. The second-order valence-corrected chi connectivity index (χ2v) is 9.59. The summed E-state index contributed by atoms with van der Waals surface area (Å²) in [6.07, 6.45) is 1.42. The van der Waals surface area contributed by atoms with E-state index < -0.39 is 6.04 Å². The van der Waals surface area contributed by atoms with Crippen molar-refractivity contribution >= 4 is 11.8 Å². The summed E-state index contributed by atoms with van der Waals surface area (Å²) >= 11 is 0. The molecule has 3 rings (SSSR count). The van der Waals surface area contributed by atoms with Gasteiger partial charge in [-0.25, -0.2) is 0 Å².